The van der Waals surface area contributed by atoms with Crippen molar-refractivity contribution in [2.45, 2.75) is 52.9 Å². The van der Waals surface area contributed by atoms with Crippen LogP contribution in [0.2, 0.25) is 0 Å². The molecule has 0 atom stereocenters. The fourth-order valence-electron chi connectivity index (χ4n) is 1.57. The highest BCUT2D eigenvalue weighted by Crippen LogP contribution is 2.13. The van der Waals surface area contributed by atoms with Crippen molar-refractivity contribution in [3.05, 3.63) is 10.0 Å². The van der Waals surface area contributed by atoms with Crippen molar-refractivity contribution in [2.75, 3.05) is 13.1 Å². The van der Waals surface area contributed by atoms with Gasteiger partial charge in [-0.1, -0.05) is 27.2 Å². The summed E-state index contributed by atoms with van der Waals surface area (Å²) < 4.78 is 0. The van der Waals surface area contributed by atoms with Gasteiger partial charge in [0.1, 0.15) is 10.0 Å². The second kappa shape index (κ2) is 8.59. The summed E-state index contributed by atoms with van der Waals surface area (Å²) in [5, 5.41) is 14.3. The minimum absolute atomic E-state index is 0.733. The Morgan fingerprint density at radius 3 is 2.35 bits per heavy atom. The van der Waals surface area contributed by atoms with Crippen LogP contribution >= 0.6 is 11.3 Å². The molecular formula is C13H25N3S. The van der Waals surface area contributed by atoms with Gasteiger partial charge in [0, 0.05) is 12.8 Å². The van der Waals surface area contributed by atoms with Gasteiger partial charge in [-0.15, -0.1) is 21.5 Å². The van der Waals surface area contributed by atoms with Crippen LogP contribution in [0.15, 0.2) is 0 Å². The molecule has 3 nitrogen and oxygen atoms in total. The topological polar surface area (TPSA) is 37.8 Å². The van der Waals surface area contributed by atoms with Gasteiger partial charge in [-0.3, -0.25) is 0 Å². The van der Waals surface area contributed by atoms with Gasteiger partial charge in [0.15, 0.2) is 0 Å². The molecule has 0 aliphatic carbocycles. The standard InChI is InChI=1S/C13H25N3S/c1-4-5-7-12-15-16-13(17-12)8-6-9-14-10-11(2)3/h11,14H,4-10H2,1-3H3. The summed E-state index contributed by atoms with van der Waals surface area (Å²) >= 11 is 1.79. The summed E-state index contributed by atoms with van der Waals surface area (Å²) in [6.07, 6.45) is 5.78. The molecule has 0 saturated heterocycles. The Morgan fingerprint density at radius 2 is 1.76 bits per heavy atom. The second-order valence-electron chi connectivity index (χ2n) is 4.89. The third kappa shape index (κ3) is 6.74. The molecule has 0 radical (unpaired) electrons. The largest absolute Gasteiger partial charge is 0.316 e. The molecule has 1 aromatic heterocycles. The van der Waals surface area contributed by atoms with Crippen molar-refractivity contribution in [3.8, 4) is 0 Å². The van der Waals surface area contributed by atoms with Crippen molar-refractivity contribution in [3.63, 3.8) is 0 Å². The maximum absolute atomic E-state index is 4.24. The van der Waals surface area contributed by atoms with Crippen molar-refractivity contribution in [2.24, 2.45) is 5.92 Å². The van der Waals surface area contributed by atoms with E-state index in [1.807, 2.05) is 0 Å². The number of aromatic nitrogens is 2. The molecule has 0 aliphatic heterocycles. The average molecular weight is 255 g/mol. The van der Waals surface area contributed by atoms with Gasteiger partial charge >= 0.3 is 0 Å². The monoisotopic (exact) mass is 255 g/mol. The smallest absolute Gasteiger partial charge is 0.117 e. The van der Waals surface area contributed by atoms with E-state index >= 15 is 0 Å². The first kappa shape index (κ1) is 14.6. The Bertz CT molecular complexity index is 297. The summed E-state index contributed by atoms with van der Waals surface area (Å²) in [7, 11) is 0. The fraction of sp³-hybridized carbons (Fsp3) is 0.846. The molecule has 0 aliphatic rings. The Hall–Kier alpha value is -0.480. The van der Waals surface area contributed by atoms with Gasteiger partial charge in [-0.2, -0.15) is 0 Å². The van der Waals surface area contributed by atoms with E-state index in [1.165, 1.54) is 22.9 Å². The van der Waals surface area contributed by atoms with Crippen molar-refractivity contribution in [1.82, 2.24) is 15.5 Å². The number of nitrogens with zero attached hydrogens (tertiary/aromatic N) is 2. The molecule has 0 aromatic carbocycles. The van der Waals surface area contributed by atoms with Gasteiger partial charge in [0.05, 0.1) is 0 Å². The zero-order valence-electron chi connectivity index (χ0n) is 11.3. The van der Waals surface area contributed by atoms with E-state index in [0.29, 0.717) is 0 Å². The third-order valence-corrected chi connectivity index (χ3v) is 3.59. The molecule has 0 bridgehead atoms. The van der Waals surface area contributed by atoms with E-state index < -0.39 is 0 Å². The number of hydrogen-bond acceptors (Lipinski definition) is 4. The van der Waals surface area contributed by atoms with Crippen molar-refractivity contribution in [1.29, 1.82) is 0 Å². The van der Waals surface area contributed by atoms with Crippen LogP contribution in [0.1, 0.15) is 50.0 Å². The van der Waals surface area contributed by atoms with Crippen LogP contribution in [0.5, 0.6) is 0 Å². The molecule has 17 heavy (non-hydrogen) atoms. The van der Waals surface area contributed by atoms with Gasteiger partial charge < -0.3 is 5.32 Å². The van der Waals surface area contributed by atoms with Gasteiger partial charge in [-0.25, -0.2) is 0 Å². The lowest BCUT2D eigenvalue weighted by atomic mass is 10.2. The van der Waals surface area contributed by atoms with E-state index in [2.05, 4.69) is 36.3 Å². The van der Waals surface area contributed by atoms with Gasteiger partial charge in [-0.05, 0) is 31.8 Å². The summed E-state index contributed by atoms with van der Waals surface area (Å²) in [5.74, 6) is 0.733. The number of hydrogen-bond donors (Lipinski definition) is 1. The van der Waals surface area contributed by atoms with Crippen molar-refractivity contribution >= 4 is 11.3 Å². The lowest BCUT2D eigenvalue weighted by Crippen LogP contribution is -2.21. The predicted octanol–water partition coefficient (Wildman–Crippen LogP) is 3.06. The Balaban J connectivity index is 2.12. The molecule has 0 unspecified atom stereocenters. The quantitative estimate of drug-likeness (QED) is 0.689. The number of aryl methyl sites for hydroxylation is 2. The molecule has 1 aromatic rings. The van der Waals surface area contributed by atoms with Crippen LogP contribution in [0.3, 0.4) is 0 Å². The summed E-state index contributed by atoms with van der Waals surface area (Å²) in [6.45, 7) is 8.87. The Morgan fingerprint density at radius 1 is 1.12 bits per heavy atom. The molecule has 0 saturated carbocycles. The van der Waals surface area contributed by atoms with Crippen LogP contribution in [0.25, 0.3) is 0 Å². The first-order valence-corrected chi connectivity index (χ1v) is 7.56. The fourth-order valence-corrected chi connectivity index (χ4v) is 2.50. The summed E-state index contributed by atoms with van der Waals surface area (Å²) in [5.41, 5.74) is 0. The first-order valence-electron chi connectivity index (χ1n) is 6.74. The molecule has 98 valence electrons. The maximum atomic E-state index is 4.24. The van der Waals surface area contributed by atoms with Crippen LogP contribution in [-0.4, -0.2) is 23.3 Å². The maximum Gasteiger partial charge on any atom is 0.117 e. The highest BCUT2D eigenvalue weighted by atomic mass is 32.1. The third-order valence-electron chi connectivity index (χ3n) is 2.55. The van der Waals surface area contributed by atoms with E-state index in [1.54, 1.807) is 11.3 Å². The number of unbranched alkanes of at least 4 members (excludes halogenated alkanes) is 1. The summed E-state index contributed by atoms with van der Waals surface area (Å²) in [4.78, 5) is 0. The number of rotatable bonds is 9. The molecule has 1 N–H and O–H groups in total. The SMILES string of the molecule is CCCCc1nnc(CCCNCC(C)C)s1. The second-order valence-corrected chi connectivity index (χ2v) is 6.04. The Labute approximate surface area is 109 Å². The zero-order chi connectivity index (χ0) is 12.5. The molecule has 0 fully saturated rings. The van der Waals surface area contributed by atoms with Crippen LogP contribution < -0.4 is 5.32 Å². The summed E-state index contributed by atoms with van der Waals surface area (Å²) in [6, 6.07) is 0. The molecular weight excluding hydrogens is 230 g/mol. The van der Waals surface area contributed by atoms with Gasteiger partial charge in [0.25, 0.3) is 0 Å². The van der Waals surface area contributed by atoms with E-state index in [9.17, 15) is 0 Å². The van der Waals surface area contributed by atoms with Crippen molar-refractivity contribution < 1.29 is 0 Å². The minimum atomic E-state index is 0.733. The minimum Gasteiger partial charge on any atom is -0.316 e. The van der Waals surface area contributed by atoms with Crippen LogP contribution in [0.4, 0.5) is 0 Å². The van der Waals surface area contributed by atoms with Crippen LogP contribution in [-0.2, 0) is 12.8 Å². The van der Waals surface area contributed by atoms with E-state index in [-0.39, 0.29) is 0 Å². The zero-order valence-corrected chi connectivity index (χ0v) is 12.1. The molecule has 1 heterocycles. The average Bonchev–Trinajstić information content (AvgIpc) is 2.73. The van der Waals surface area contributed by atoms with E-state index in [4.69, 9.17) is 0 Å². The lowest BCUT2D eigenvalue weighted by molar-refractivity contribution is 0.542. The first-order chi connectivity index (χ1) is 8.22. The van der Waals surface area contributed by atoms with Crippen LogP contribution in [0, 0.1) is 5.92 Å². The van der Waals surface area contributed by atoms with E-state index in [0.717, 1.165) is 38.3 Å². The van der Waals surface area contributed by atoms with Gasteiger partial charge in [0.2, 0.25) is 0 Å². The normalized spacial score (nSPS) is 11.3. The molecule has 1 rings (SSSR count). The lowest BCUT2D eigenvalue weighted by Gasteiger charge is -2.05. The highest BCUT2D eigenvalue weighted by molar-refractivity contribution is 7.11. The molecule has 4 heteroatoms. The predicted molar refractivity (Wildman–Crippen MR) is 74.5 cm³/mol. The molecule has 0 amide bonds. The molecule has 0 spiro atoms. The highest BCUT2D eigenvalue weighted by Gasteiger charge is 2.03. The number of nitrogens with one attached hydrogen (secondary N) is 1. The Kier molecular flexibility index (Phi) is 7.37.